The molecule has 13 heteroatoms. The van der Waals surface area contributed by atoms with Gasteiger partial charge in [0.1, 0.15) is 5.49 Å². The minimum Gasteiger partial charge on any atom is -0.493 e. The van der Waals surface area contributed by atoms with E-state index < -0.39 is 5.69 Å². The van der Waals surface area contributed by atoms with Gasteiger partial charge in [0.25, 0.3) is 0 Å². The second-order valence-electron chi connectivity index (χ2n) is 7.68. The van der Waals surface area contributed by atoms with Gasteiger partial charge in [-0.05, 0) is 24.3 Å². The van der Waals surface area contributed by atoms with Crippen LogP contribution < -0.4 is 16.5 Å². The Hall–Kier alpha value is -4.19. The number of aromatic nitrogens is 6. The Morgan fingerprint density at radius 1 is 1.11 bits per heavy atom. The Kier molecular flexibility index (Phi) is 6.18. The molecule has 36 heavy (non-hydrogen) atoms. The molecule has 0 unspecified atom stereocenters. The predicted molar refractivity (Wildman–Crippen MR) is 135 cm³/mol. The van der Waals surface area contributed by atoms with E-state index in [0.717, 1.165) is 10.1 Å². The molecule has 3 heterocycles. The van der Waals surface area contributed by atoms with Gasteiger partial charge in [0, 0.05) is 23.5 Å². The van der Waals surface area contributed by atoms with Crippen molar-refractivity contribution >= 4 is 45.9 Å². The van der Waals surface area contributed by atoms with E-state index in [1.165, 1.54) is 16.9 Å². The predicted octanol–water partition coefficient (Wildman–Crippen LogP) is 3.20. The first-order valence-electron chi connectivity index (χ1n) is 10.6. The van der Waals surface area contributed by atoms with Gasteiger partial charge in [-0.2, -0.15) is 10.1 Å². The van der Waals surface area contributed by atoms with E-state index >= 15 is 0 Å². The SMILES string of the molecule is N=c1c2cnc(Nc3ccc(-c4cc(O)n(CCO)n4)cc3)nc2[nH]c(=O)n1-c1c(Cl)cccc1Cl. The summed E-state index contributed by atoms with van der Waals surface area (Å²) in [7, 11) is 0. The number of hydrogen-bond acceptors (Lipinski definition) is 8. The van der Waals surface area contributed by atoms with Gasteiger partial charge in [0.15, 0.2) is 5.65 Å². The Morgan fingerprint density at radius 3 is 2.53 bits per heavy atom. The zero-order valence-electron chi connectivity index (χ0n) is 18.4. The molecule has 0 aliphatic rings. The number of para-hydroxylation sites is 1. The summed E-state index contributed by atoms with van der Waals surface area (Å²) in [6.45, 7) is 0.0579. The summed E-state index contributed by atoms with van der Waals surface area (Å²) in [4.78, 5) is 24.1. The number of aromatic amines is 1. The molecule has 11 nitrogen and oxygen atoms in total. The number of fused-ring (bicyclic) bond motifs is 1. The van der Waals surface area contributed by atoms with Crippen molar-refractivity contribution in [3.05, 3.63) is 80.7 Å². The summed E-state index contributed by atoms with van der Waals surface area (Å²) in [6.07, 6.45) is 1.43. The molecule has 0 radical (unpaired) electrons. The van der Waals surface area contributed by atoms with Crippen molar-refractivity contribution in [1.82, 2.24) is 29.3 Å². The summed E-state index contributed by atoms with van der Waals surface area (Å²) in [6, 6.07) is 13.5. The van der Waals surface area contributed by atoms with Gasteiger partial charge in [-0.1, -0.05) is 41.4 Å². The number of nitrogens with one attached hydrogen (secondary N) is 3. The van der Waals surface area contributed by atoms with E-state index in [0.29, 0.717) is 16.8 Å². The van der Waals surface area contributed by atoms with Gasteiger partial charge < -0.3 is 15.5 Å². The largest absolute Gasteiger partial charge is 0.493 e. The van der Waals surface area contributed by atoms with Gasteiger partial charge in [-0.15, -0.1) is 0 Å². The van der Waals surface area contributed by atoms with Crippen LogP contribution in [0, 0.1) is 5.41 Å². The lowest BCUT2D eigenvalue weighted by Crippen LogP contribution is -2.34. The molecule has 0 amide bonds. The third-order valence-electron chi connectivity index (χ3n) is 5.36. The number of rotatable bonds is 6. The minimum atomic E-state index is -0.625. The smallest absolute Gasteiger partial charge is 0.333 e. The van der Waals surface area contributed by atoms with Crippen LogP contribution in [0.2, 0.25) is 10.0 Å². The van der Waals surface area contributed by atoms with Crippen molar-refractivity contribution in [1.29, 1.82) is 5.41 Å². The monoisotopic (exact) mass is 524 g/mol. The average Bonchev–Trinajstić information content (AvgIpc) is 3.21. The maximum absolute atomic E-state index is 12.8. The summed E-state index contributed by atoms with van der Waals surface area (Å²) >= 11 is 12.5. The molecule has 182 valence electrons. The fraction of sp³-hybridized carbons (Fsp3) is 0.0870. The number of aliphatic hydroxyl groups is 1. The molecule has 0 fully saturated rings. The molecule has 3 aromatic heterocycles. The lowest BCUT2D eigenvalue weighted by Gasteiger charge is -2.12. The highest BCUT2D eigenvalue weighted by Gasteiger charge is 2.15. The zero-order valence-corrected chi connectivity index (χ0v) is 19.9. The Bertz CT molecular complexity index is 1690. The molecule has 0 aliphatic heterocycles. The highest BCUT2D eigenvalue weighted by Crippen LogP contribution is 2.27. The number of aliphatic hydroxyl groups excluding tert-OH is 1. The number of hydrogen-bond donors (Lipinski definition) is 5. The average molecular weight is 525 g/mol. The molecule has 2 aromatic carbocycles. The quantitative estimate of drug-likeness (QED) is 0.228. The normalized spacial score (nSPS) is 11.2. The first-order chi connectivity index (χ1) is 17.4. The maximum Gasteiger partial charge on any atom is 0.333 e. The van der Waals surface area contributed by atoms with E-state index in [1.807, 2.05) is 0 Å². The Morgan fingerprint density at radius 2 is 1.83 bits per heavy atom. The number of halogens is 2. The molecule has 0 saturated heterocycles. The molecule has 0 bridgehead atoms. The van der Waals surface area contributed by atoms with E-state index in [2.05, 4.69) is 25.4 Å². The topological polar surface area (TPSA) is 158 Å². The van der Waals surface area contributed by atoms with E-state index in [-0.39, 0.29) is 51.8 Å². The minimum absolute atomic E-state index is 0.0355. The Labute approximate surface area is 212 Å². The third kappa shape index (κ3) is 4.31. The van der Waals surface area contributed by atoms with Gasteiger partial charge in [-0.25, -0.2) is 19.0 Å². The van der Waals surface area contributed by atoms with Crippen LogP contribution in [0.3, 0.4) is 0 Å². The van der Waals surface area contributed by atoms with Gasteiger partial charge in [-0.3, -0.25) is 10.4 Å². The molecule has 0 aliphatic carbocycles. The van der Waals surface area contributed by atoms with Crippen LogP contribution in [0.4, 0.5) is 11.6 Å². The Balaban J connectivity index is 1.44. The van der Waals surface area contributed by atoms with Crippen LogP contribution in [0.25, 0.3) is 28.0 Å². The van der Waals surface area contributed by atoms with E-state index in [1.54, 1.807) is 42.5 Å². The fourth-order valence-corrected chi connectivity index (χ4v) is 4.23. The molecule has 0 saturated carbocycles. The molecule has 5 aromatic rings. The highest BCUT2D eigenvalue weighted by molar-refractivity contribution is 6.37. The second kappa shape index (κ2) is 9.46. The van der Waals surface area contributed by atoms with Crippen molar-refractivity contribution in [3.8, 4) is 22.8 Å². The van der Waals surface area contributed by atoms with Crippen molar-refractivity contribution in [3.63, 3.8) is 0 Å². The number of anilines is 2. The van der Waals surface area contributed by atoms with Crippen LogP contribution in [-0.4, -0.2) is 46.1 Å². The summed E-state index contributed by atoms with van der Waals surface area (Å²) in [5, 5.41) is 35.6. The zero-order chi connectivity index (χ0) is 25.4. The fourth-order valence-electron chi connectivity index (χ4n) is 3.67. The number of nitrogens with zero attached hydrogens (tertiary/aromatic N) is 5. The van der Waals surface area contributed by atoms with Crippen molar-refractivity contribution in [2.75, 3.05) is 11.9 Å². The van der Waals surface area contributed by atoms with Gasteiger partial charge >= 0.3 is 5.69 Å². The summed E-state index contributed by atoms with van der Waals surface area (Å²) in [5.74, 6) is 0.176. The third-order valence-corrected chi connectivity index (χ3v) is 5.97. The second-order valence-corrected chi connectivity index (χ2v) is 8.49. The molecule has 5 rings (SSSR count). The molecular weight excluding hydrogens is 507 g/mol. The van der Waals surface area contributed by atoms with Gasteiger partial charge in [0.05, 0.1) is 40.0 Å². The van der Waals surface area contributed by atoms with Crippen molar-refractivity contribution in [2.24, 2.45) is 0 Å². The van der Waals surface area contributed by atoms with Crippen molar-refractivity contribution < 1.29 is 10.2 Å². The lowest BCUT2D eigenvalue weighted by molar-refractivity contribution is 0.258. The van der Waals surface area contributed by atoms with Crippen molar-refractivity contribution in [2.45, 2.75) is 6.54 Å². The van der Waals surface area contributed by atoms with Crippen LogP contribution in [0.5, 0.6) is 5.88 Å². The molecule has 0 spiro atoms. The van der Waals surface area contributed by atoms with Crippen LogP contribution >= 0.6 is 23.2 Å². The first kappa shape index (κ1) is 23.5. The number of aromatic hydroxyl groups is 1. The van der Waals surface area contributed by atoms with Crippen LogP contribution in [0.15, 0.2) is 59.5 Å². The standard InChI is InChI=1S/C23H18Cl2N8O3/c24-15-2-1-3-16(25)19(15)33-20(26)14-11-27-22(29-21(14)30-23(33)36)28-13-6-4-12(5-7-13)17-10-18(35)32(31-17)8-9-34/h1-7,10-11,26,34-35H,8-9H2,(H2,27,28,29,30,36). The lowest BCUT2D eigenvalue weighted by atomic mass is 10.1. The molecule has 5 N–H and O–H groups in total. The maximum atomic E-state index is 12.8. The summed E-state index contributed by atoms with van der Waals surface area (Å²) in [5.41, 5.74) is 1.57. The number of H-pyrrole nitrogens is 1. The molecular formula is C23H18Cl2N8O3. The van der Waals surface area contributed by atoms with Crippen LogP contribution in [-0.2, 0) is 6.54 Å². The summed E-state index contributed by atoms with van der Waals surface area (Å²) < 4.78 is 2.39. The first-order valence-corrected chi connectivity index (χ1v) is 11.4. The van der Waals surface area contributed by atoms with Crippen LogP contribution in [0.1, 0.15) is 0 Å². The molecule has 0 atom stereocenters. The van der Waals surface area contributed by atoms with E-state index in [4.69, 9.17) is 33.7 Å². The van der Waals surface area contributed by atoms with Gasteiger partial charge in [0.2, 0.25) is 11.8 Å². The van der Waals surface area contributed by atoms with E-state index in [9.17, 15) is 9.90 Å². The highest BCUT2D eigenvalue weighted by atomic mass is 35.5. The number of benzene rings is 2.